The van der Waals surface area contributed by atoms with E-state index in [4.69, 9.17) is 0 Å². The zero-order valence-electron chi connectivity index (χ0n) is 15.2. The Balaban J connectivity index is 1.86. The van der Waals surface area contributed by atoms with Crippen molar-refractivity contribution < 1.29 is 14.4 Å². The SMILES string of the molecule is C[C@@H]1SC2([C@@H]3C(=O)N(c4ccccc4)C(=O)[C@H]13)C(C)(C)C(=O)C2(C)C. The van der Waals surface area contributed by atoms with Crippen molar-refractivity contribution in [3.8, 4) is 0 Å². The molecule has 0 aromatic heterocycles. The maximum absolute atomic E-state index is 13.4. The lowest BCUT2D eigenvalue weighted by Gasteiger charge is -2.65. The Kier molecular flexibility index (Phi) is 3.20. The van der Waals surface area contributed by atoms with Crippen molar-refractivity contribution in [2.45, 2.75) is 44.6 Å². The summed E-state index contributed by atoms with van der Waals surface area (Å²) in [6.07, 6.45) is 0. The van der Waals surface area contributed by atoms with Crippen molar-refractivity contribution in [2.75, 3.05) is 4.90 Å². The highest BCUT2D eigenvalue weighted by Crippen LogP contribution is 2.75. The maximum Gasteiger partial charge on any atom is 0.239 e. The fraction of sp³-hybridized carbons (Fsp3) is 0.550. The third kappa shape index (κ3) is 1.64. The van der Waals surface area contributed by atoms with Gasteiger partial charge in [0.15, 0.2) is 0 Å². The number of anilines is 1. The fourth-order valence-corrected chi connectivity index (χ4v) is 7.95. The Labute approximate surface area is 152 Å². The van der Waals surface area contributed by atoms with Crippen LogP contribution in [0.15, 0.2) is 30.3 Å². The number of ketones is 1. The molecule has 1 aliphatic carbocycles. The minimum atomic E-state index is -0.614. The van der Waals surface area contributed by atoms with E-state index in [1.165, 1.54) is 4.90 Å². The van der Waals surface area contributed by atoms with Crippen molar-refractivity contribution in [3.63, 3.8) is 0 Å². The number of para-hydroxylation sites is 1. The minimum absolute atomic E-state index is 0.0156. The maximum atomic E-state index is 13.4. The molecule has 0 unspecified atom stereocenters. The van der Waals surface area contributed by atoms with Gasteiger partial charge in [0.1, 0.15) is 5.78 Å². The number of carbonyl (C=O) groups is 3. The van der Waals surface area contributed by atoms with Crippen LogP contribution in [0.1, 0.15) is 34.6 Å². The summed E-state index contributed by atoms with van der Waals surface area (Å²) < 4.78 is -0.530. The molecule has 1 spiro atoms. The van der Waals surface area contributed by atoms with Crippen LogP contribution < -0.4 is 4.90 Å². The molecule has 2 saturated heterocycles. The summed E-state index contributed by atoms with van der Waals surface area (Å²) in [5.41, 5.74) is -0.602. The Morgan fingerprint density at radius 2 is 1.48 bits per heavy atom. The Morgan fingerprint density at radius 3 is 2.04 bits per heavy atom. The summed E-state index contributed by atoms with van der Waals surface area (Å²) in [7, 11) is 0. The van der Waals surface area contributed by atoms with Gasteiger partial charge in [0.05, 0.1) is 22.3 Å². The average Bonchev–Trinajstić information content (AvgIpc) is 3.03. The Bertz CT molecular complexity index is 780. The molecule has 3 aliphatic rings. The van der Waals surface area contributed by atoms with E-state index in [1.54, 1.807) is 23.9 Å². The molecule has 4 nitrogen and oxygen atoms in total. The fourth-order valence-electron chi connectivity index (χ4n) is 5.77. The van der Waals surface area contributed by atoms with Crippen LogP contribution in [0, 0.1) is 22.7 Å². The Morgan fingerprint density at radius 1 is 0.920 bits per heavy atom. The van der Waals surface area contributed by atoms with Gasteiger partial charge in [-0.25, -0.2) is 4.90 Å². The molecule has 0 N–H and O–H groups in total. The normalized spacial score (nSPS) is 34.4. The smallest absolute Gasteiger partial charge is 0.239 e. The van der Waals surface area contributed by atoms with Crippen LogP contribution in [0.5, 0.6) is 0 Å². The van der Waals surface area contributed by atoms with Gasteiger partial charge in [-0.2, -0.15) is 0 Å². The van der Waals surface area contributed by atoms with Gasteiger partial charge in [0.25, 0.3) is 0 Å². The highest BCUT2D eigenvalue weighted by Gasteiger charge is 2.82. The number of amides is 2. The average molecular weight is 357 g/mol. The summed E-state index contributed by atoms with van der Waals surface area (Å²) in [4.78, 5) is 40.7. The van der Waals surface area contributed by atoms with Crippen LogP contribution >= 0.6 is 11.8 Å². The quantitative estimate of drug-likeness (QED) is 0.724. The molecule has 0 radical (unpaired) electrons. The first kappa shape index (κ1) is 16.8. The number of imide groups is 1. The largest absolute Gasteiger partial charge is 0.298 e. The van der Waals surface area contributed by atoms with E-state index in [1.807, 2.05) is 52.8 Å². The van der Waals surface area contributed by atoms with E-state index in [9.17, 15) is 14.4 Å². The number of hydrogen-bond donors (Lipinski definition) is 0. The van der Waals surface area contributed by atoms with Gasteiger partial charge >= 0.3 is 0 Å². The van der Waals surface area contributed by atoms with E-state index in [0.29, 0.717) is 5.69 Å². The molecule has 2 heterocycles. The topological polar surface area (TPSA) is 54.5 Å². The van der Waals surface area contributed by atoms with Crippen molar-refractivity contribution in [1.29, 1.82) is 0 Å². The second kappa shape index (κ2) is 4.76. The van der Waals surface area contributed by atoms with E-state index in [2.05, 4.69) is 0 Å². The van der Waals surface area contributed by atoms with E-state index in [0.717, 1.165) is 0 Å². The van der Waals surface area contributed by atoms with Gasteiger partial charge in [0.2, 0.25) is 11.8 Å². The van der Waals surface area contributed by atoms with Crippen LogP contribution in [0.2, 0.25) is 0 Å². The molecule has 25 heavy (non-hydrogen) atoms. The summed E-state index contributed by atoms with van der Waals surface area (Å²) >= 11 is 1.68. The number of fused-ring (bicyclic) bond motifs is 2. The van der Waals surface area contributed by atoms with Crippen LogP contribution in [0.4, 0.5) is 5.69 Å². The lowest BCUT2D eigenvalue weighted by Crippen LogP contribution is -2.75. The number of carbonyl (C=O) groups excluding carboxylic acids is 3. The summed E-state index contributed by atoms with van der Waals surface area (Å²) in [5, 5.41) is 0.0156. The first-order chi connectivity index (χ1) is 11.6. The number of nitrogens with zero attached hydrogens (tertiary/aromatic N) is 1. The van der Waals surface area contributed by atoms with E-state index >= 15 is 0 Å². The zero-order valence-corrected chi connectivity index (χ0v) is 16.0. The predicted octanol–water partition coefficient (Wildman–Crippen LogP) is 3.30. The molecule has 2 amide bonds. The van der Waals surface area contributed by atoms with Gasteiger partial charge in [0, 0.05) is 16.1 Å². The van der Waals surface area contributed by atoms with Crippen LogP contribution in [-0.2, 0) is 14.4 Å². The number of rotatable bonds is 1. The van der Waals surface area contributed by atoms with Gasteiger partial charge in [-0.15, -0.1) is 11.8 Å². The lowest BCUT2D eigenvalue weighted by atomic mass is 9.42. The number of benzene rings is 1. The van der Waals surface area contributed by atoms with Gasteiger partial charge in [-0.05, 0) is 12.1 Å². The molecule has 132 valence electrons. The number of thioether (sulfide) groups is 1. The predicted molar refractivity (Wildman–Crippen MR) is 98.3 cm³/mol. The van der Waals surface area contributed by atoms with Crippen LogP contribution in [0.25, 0.3) is 0 Å². The second-order valence-corrected chi connectivity index (χ2v) is 10.1. The third-order valence-corrected chi connectivity index (χ3v) is 8.98. The molecule has 3 atom stereocenters. The molecular weight excluding hydrogens is 334 g/mol. The highest BCUT2D eigenvalue weighted by molar-refractivity contribution is 8.01. The number of hydrogen-bond acceptors (Lipinski definition) is 4. The van der Waals surface area contributed by atoms with E-state index < -0.39 is 21.5 Å². The van der Waals surface area contributed by atoms with Crippen molar-refractivity contribution in [2.24, 2.45) is 22.7 Å². The van der Waals surface area contributed by atoms with Crippen molar-refractivity contribution in [3.05, 3.63) is 30.3 Å². The summed E-state index contributed by atoms with van der Waals surface area (Å²) in [5.74, 6) is -0.887. The standard InChI is InChI=1S/C20H23NO3S/c1-11-13-14(20(25-11)18(2,3)17(24)19(20,4)5)16(23)21(15(13)22)12-9-7-6-8-10-12/h6-11,13-14H,1-5H3/t11-,13+,14-/m0/s1. The molecule has 1 aromatic carbocycles. The molecule has 1 saturated carbocycles. The molecule has 3 fully saturated rings. The second-order valence-electron chi connectivity index (χ2n) is 8.49. The molecule has 1 aromatic rings. The monoisotopic (exact) mass is 357 g/mol. The van der Waals surface area contributed by atoms with Gasteiger partial charge in [-0.3, -0.25) is 14.4 Å². The zero-order chi connectivity index (χ0) is 18.4. The molecule has 5 heteroatoms. The Hall–Kier alpha value is -1.62. The highest BCUT2D eigenvalue weighted by atomic mass is 32.2. The molecule has 4 rings (SSSR count). The van der Waals surface area contributed by atoms with Crippen molar-refractivity contribution >= 4 is 35.0 Å². The molecular formula is C20H23NO3S. The van der Waals surface area contributed by atoms with Crippen molar-refractivity contribution in [1.82, 2.24) is 0 Å². The number of Topliss-reactive ketones (excluding diaryl/α,β-unsaturated/α-hetero) is 1. The van der Waals surface area contributed by atoms with Crippen LogP contribution in [0.3, 0.4) is 0 Å². The first-order valence-electron chi connectivity index (χ1n) is 8.74. The molecule has 2 aliphatic heterocycles. The van der Waals surface area contributed by atoms with Crippen LogP contribution in [-0.4, -0.2) is 27.6 Å². The summed E-state index contributed by atoms with van der Waals surface area (Å²) in [6.45, 7) is 9.76. The third-order valence-electron chi connectivity index (χ3n) is 6.67. The van der Waals surface area contributed by atoms with Gasteiger partial charge < -0.3 is 0 Å². The molecule has 0 bridgehead atoms. The minimum Gasteiger partial charge on any atom is -0.298 e. The summed E-state index contributed by atoms with van der Waals surface area (Å²) in [6, 6.07) is 9.12. The first-order valence-corrected chi connectivity index (χ1v) is 9.62. The van der Waals surface area contributed by atoms with Gasteiger partial charge in [-0.1, -0.05) is 52.8 Å². The van der Waals surface area contributed by atoms with E-state index in [-0.39, 0.29) is 28.8 Å². The lowest BCUT2D eigenvalue weighted by molar-refractivity contribution is -0.166.